The largest absolute Gasteiger partial charge is 0.418 e. The zero-order valence-corrected chi connectivity index (χ0v) is 6.64. The van der Waals surface area contributed by atoms with E-state index >= 15 is 0 Å². The van der Waals surface area contributed by atoms with Crippen molar-refractivity contribution in [2.24, 2.45) is 5.73 Å². The van der Waals surface area contributed by atoms with Crippen LogP contribution in [-0.2, 0) is 9.53 Å². The predicted molar refractivity (Wildman–Crippen MR) is 37.8 cm³/mol. The van der Waals surface area contributed by atoms with Crippen molar-refractivity contribution < 1.29 is 9.53 Å². The molecule has 0 fully saturated rings. The van der Waals surface area contributed by atoms with Crippen LogP contribution in [0.4, 0.5) is 0 Å². The van der Waals surface area contributed by atoms with Crippen molar-refractivity contribution >= 4 is 21.9 Å². The highest BCUT2D eigenvalue weighted by molar-refractivity contribution is 9.11. The summed E-state index contributed by atoms with van der Waals surface area (Å²) in [5.74, 6) is -0.489. The molecule has 0 aromatic carbocycles. The minimum absolute atomic E-state index is 0.185. The number of rotatable bonds is 2. The van der Waals surface area contributed by atoms with E-state index in [0.29, 0.717) is 0 Å². The molecule has 0 spiro atoms. The molecule has 4 heteroatoms. The number of ether oxygens (including phenoxy) is 1. The molecule has 0 aromatic rings. The number of esters is 1. The molecule has 0 radical (unpaired) electrons. The first kappa shape index (κ1) is 8.65. The number of hydrogen-bond donors (Lipinski definition) is 1. The molecule has 52 valence electrons. The van der Waals surface area contributed by atoms with Crippen LogP contribution in [0.5, 0.6) is 0 Å². The van der Waals surface area contributed by atoms with E-state index in [2.05, 4.69) is 27.2 Å². The second kappa shape index (κ2) is 3.63. The van der Waals surface area contributed by atoms with Gasteiger partial charge in [-0.15, -0.1) is 0 Å². The second-order valence-electron chi connectivity index (χ2n) is 1.56. The summed E-state index contributed by atoms with van der Waals surface area (Å²) in [7, 11) is 0. The minimum atomic E-state index is -0.598. The molecule has 0 aromatic heterocycles. The molecule has 0 unspecified atom stereocenters. The summed E-state index contributed by atoms with van der Waals surface area (Å²) in [6.45, 7) is 4.84. The lowest BCUT2D eigenvalue weighted by Gasteiger charge is -2.02. The van der Waals surface area contributed by atoms with Crippen molar-refractivity contribution in [2.75, 3.05) is 0 Å². The van der Waals surface area contributed by atoms with Crippen LogP contribution in [0, 0.1) is 0 Å². The summed E-state index contributed by atoms with van der Waals surface area (Å²) >= 11 is 2.85. The molecular formula is C5H8BrNO2. The van der Waals surface area contributed by atoms with Gasteiger partial charge in [0, 0.05) is 0 Å². The Morgan fingerprint density at radius 1 is 1.89 bits per heavy atom. The van der Waals surface area contributed by atoms with Gasteiger partial charge in [0.25, 0.3) is 0 Å². The van der Waals surface area contributed by atoms with Gasteiger partial charge in [-0.1, -0.05) is 0 Å². The highest BCUT2D eigenvalue weighted by atomic mass is 79.9. The van der Waals surface area contributed by atoms with Gasteiger partial charge >= 0.3 is 5.97 Å². The lowest BCUT2D eigenvalue weighted by molar-refractivity contribution is -0.139. The summed E-state index contributed by atoms with van der Waals surface area (Å²) in [4.78, 5) is 10.5. The molecule has 9 heavy (non-hydrogen) atoms. The SMILES string of the molecule is C=C(Br)OC(=O)[C@H](C)N. The Hall–Kier alpha value is -0.350. The second-order valence-corrected chi connectivity index (χ2v) is 2.45. The Labute approximate surface area is 62.0 Å². The zero-order chi connectivity index (χ0) is 7.44. The van der Waals surface area contributed by atoms with Crippen LogP contribution in [0.3, 0.4) is 0 Å². The molecular weight excluding hydrogens is 186 g/mol. The van der Waals surface area contributed by atoms with Gasteiger partial charge in [0.2, 0.25) is 0 Å². The van der Waals surface area contributed by atoms with E-state index in [9.17, 15) is 4.79 Å². The van der Waals surface area contributed by atoms with Crippen LogP contribution < -0.4 is 5.73 Å². The Bertz CT molecular complexity index is 133. The van der Waals surface area contributed by atoms with Crippen molar-refractivity contribution in [3.05, 3.63) is 11.2 Å². The Morgan fingerprint density at radius 3 is 2.44 bits per heavy atom. The monoisotopic (exact) mass is 193 g/mol. The van der Waals surface area contributed by atoms with E-state index in [0.717, 1.165) is 0 Å². The Balaban J connectivity index is 3.64. The number of nitrogens with two attached hydrogens (primary N) is 1. The summed E-state index contributed by atoms with van der Waals surface area (Å²) in [6.07, 6.45) is 0. The fourth-order valence-corrected chi connectivity index (χ4v) is 0.362. The molecule has 0 aliphatic carbocycles. The van der Waals surface area contributed by atoms with E-state index in [1.54, 1.807) is 0 Å². The zero-order valence-electron chi connectivity index (χ0n) is 5.06. The lowest BCUT2D eigenvalue weighted by atomic mass is 10.4. The first-order valence-corrected chi connectivity index (χ1v) is 3.15. The summed E-state index contributed by atoms with van der Waals surface area (Å²) < 4.78 is 4.65. The molecule has 0 heterocycles. The Morgan fingerprint density at radius 2 is 2.33 bits per heavy atom. The smallest absolute Gasteiger partial charge is 0.328 e. The van der Waals surface area contributed by atoms with Crippen molar-refractivity contribution in [1.29, 1.82) is 0 Å². The molecule has 0 saturated heterocycles. The number of hydrogen-bond acceptors (Lipinski definition) is 3. The molecule has 0 bridgehead atoms. The van der Waals surface area contributed by atoms with Crippen molar-refractivity contribution in [3.63, 3.8) is 0 Å². The predicted octanol–water partition coefficient (Wildman–Crippen LogP) is 0.743. The third-order valence-electron chi connectivity index (χ3n) is 0.583. The topological polar surface area (TPSA) is 52.3 Å². The van der Waals surface area contributed by atoms with Crippen molar-refractivity contribution in [3.8, 4) is 0 Å². The van der Waals surface area contributed by atoms with E-state index in [4.69, 9.17) is 5.73 Å². The maximum Gasteiger partial charge on any atom is 0.328 e. The van der Waals surface area contributed by atoms with Crippen LogP contribution in [0.2, 0.25) is 0 Å². The number of carbonyl (C=O) groups excluding carboxylic acids is 1. The van der Waals surface area contributed by atoms with Gasteiger partial charge < -0.3 is 10.5 Å². The van der Waals surface area contributed by atoms with Crippen LogP contribution in [-0.4, -0.2) is 12.0 Å². The van der Waals surface area contributed by atoms with Gasteiger partial charge in [0.05, 0.1) is 0 Å². The third-order valence-corrected chi connectivity index (χ3v) is 0.745. The molecule has 3 nitrogen and oxygen atoms in total. The van der Waals surface area contributed by atoms with E-state index < -0.39 is 12.0 Å². The van der Waals surface area contributed by atoms with Crippen LogP contribution in [0.1, 0.15) is 6.92 Å². The van der Waals surface area contributed by atoms with Gasteiger partial charge in [0.1, 0.15) is 6.04 Å². The average Bonchev–Trinajstić information content (AvgIpc) is 1.63. The summed E-state index contributed by atoms with van der Waals surface area (Å²) in [5.41, 5.74) is 5.15. The van der Waals surface area contributed by atoms with E-state index in [1.807, 2.05) is 0 Å². The average molecular weight is 194 g/mol. The van der Waals surface area contributed by atoms with Gasteiger partial charge in [-0.2, -0.15) is 0 Å². The maximum atomic E-state index is 10.5. The van der Waals surface area contributed by atoms with E-state index in [1.165, 1.54) is 6.92 Å². The van der Waals surface area contributed by atoms with E-state index in [-0.39, 0.29) is 4.67 Å². The molecule has 0 amide bonds. The minimum Gasteiger partial charge on any atom is -0.418 e. The normalized spacial score (nSPS) is 12.3. The lowest BCUT2D eigenvalue weighted by Crippen LogP contribution is -2.27. The molecule has 0 aliphatic heterocycles. The number of halogens is 1. The number of carbonyl (C=O) groups is 1. The van der Waals surface area contributed by atoms with Crippen molar-refractivity contribution in [1.82, 2.24) is 0 Å². The maximum absolute atomic E-state index is 10.5. The molecule has 2 N–H and O–H groups in total. The summed E-state index contributed by atoms with van der Waals surface area (Å²) in [5, 5.41) is 0. The molecule has 1 atom stereocenters. The fourth-order valence-electron chi connectivity index (χ4n) is 0.202. The van der Waals surface area contributed by atoms with Gasteiger partial charge in [-0.25, -0.2) is 4.79 Å². The molecule has 0 rings (SSSR count). The van der Waals surface area contributed by atoms with Crippen LogP contribution in [0.25, 0.3) is 0 Å². The van der Waals surface area contributed by atoms with Crippen LogP contribution in [0.15, 0.2) is 11.2 Å². The quantitative estimate of drug-likeness (QED) is 0.521. The standard InChI is InChI=1S/C5H8BrNO2/c1-3(7)5(8)9-4(2)6/h3H,2,7H2,1H3/t3-/m0/s1. The molecule has 0 saturated carbocycles. The van der Waals surface area contributed by atoms with Crippen LogP contribution >= 0.6 is 15.9 Å². The Kier molecular flexibility index (Phi) is 3.49. The highest BCUT2D eigenvalue weighted by Gasteiger charge is 2.08. The van der Waals surface area contributed by atoms with Gasteiger partial charge in [0.15, 0.2) is 4.67 Å². The molecule has 0 aliphatic rings. The highest BCUT2D eigenvalue weighted by Crippen LogP contribution is 2.02. The first-order chi connectivity index (χ1) is 4.04. The van der Waals surface area contributed by atoms with Gasteiger partial charge in [-0.3, -0.25) is 0 Å². The first-order valence-electron chi connectivity index (χ1n) is 2.35. The summed E-state index contributed by atoms with van der Waals surface area (Å²) in [6, 6.07) is -0.598. The van der Waals surface area contributed by atoms with Crippen molar-refractivity contribution in [2.45, 2.75) is 13.0 Å². The van der Waals surface area contributed by atoms with Gasteiger partial charge in [-0.05, 0) is 29.4 Å². The third kappa shape index (κ3) is 4.17. The fraction of sp³-hybridized carbons (Fsp3) is 0.400.